The number of nitrogens with one attached hydrogen (secondary N) is 1. The molecule has 0 aliphatic rings. The zero-order valence-electron chi connectivity index (χ0n) is 10.7. The monoisotopic (exact) mass is 256 g/mol. The van der Waals surface area contributed by atoms with Gasteiger partial charge >= 0.3 is 0 Å². The van der Waals surface area contributed by atoms with Crippen LogP contribution in [0.3, 0.4) is 0 Å². The molecule has 2 rings (SSSR count). The molecule has 0 unspecified atom stereocenters. The number of benzene rings is 1. The third-order valence-corrected chi connectivity index (χ3v) is 2.45. The first-order chi connectivity index (χ1) is 9.28. The summed E-state index contributed by atoms with van der Waals surface area (Å²) < 4.78 is 5.05. The van der Waals surface area contributed by atoms with Crippen LogP contribution in [0.1, 0.15) is 5.69 Å². The van der Waals surface area contributed by atoms with Gasteiger partial charge in [0.2, 0.25) is 5.88 Å². The topological polar surface area (TPSA) is 72.5 Å². The zero-order chi connectivity index (χ0) is 13.5. The molecule has 19 heavy (non-hydrogen) atoms. The molecule has 3 N–H and O–H groups in total. The average molecular weight is 256 g/mol. The Morgan fingerprint density at radius 3 is 2.74 bits per heavy atom. The number of anilines is 1. The first kappa shape index (κ1) is 12.9. The fraction of sp³-hybridized carbons (Fsp3) is 0.143. The van der Waals surface area contributed by atoms with E-state index in [1.165, 1.54) is 0 Å². The van der Waals surface area contributed by atoms with Crippen LogP contribution >= 0.6 is 0 Å². The second kappa shape index (κ2) is 6.39. The number of ether oxygens (including phenoxy) is 1. The van der Waals surface area contributed by atoms with E-state index in [0.717, 1.165) is 11.4 Å². The maximum absolute atomic E-state index is 5.80. The second-order valence-electron chi connectivity index (χ2n) is 3.86. The SMILES string of the molecule is COc1cccc(CN=C(N)Nc2ccccc2)n1. The van der Waals surface area contributed by atoms with Crippen molar-refractivity contribution in [1.29, 1.82) is 0 Å². The van der Waals surface area contributed by atoms with Gasteiger partial charge in [-0.25, -0.2) is 9.98 Å². The summed E-state index contributed by atoms with van der Waals surface area (Å²) in [5, 5.41) is 3.01. The molecule has 0 saturated heterocycles. The Labute approximate surface area is 112 Å². The van der Waals surface area contributed by atoms with E-state index in [4.69, 9.17) is 10.5 Å². The van der Waals surface area contributed by atoms with Gasteiger partial charge in [0, 0.05) is 11.8 Å². The molecule has 0 atom stereocenters. The maximum atomic E-state index is 5.80. The summed E-state index contributed by atoms with van der Waals surface area (Å²) in [6, 6.07) is 15.2. The summed E-state index contributed by atoms with van der Waals surface area (Å²) in [5.41, 5.74) is 7.51. The van der Waals surface area contributed by atoms with Crippen LogP contribution in [0.5, 0.6) is 5.88 Å². The molecule has 98 valence electrons. The van der Waals surface area contributed by atoms with Gasteiger partial charge in [-0.2, -0.15) is 0 Å². The summed E-state index contributed by atoms with van der Waals surface area (Å²) in [6.07, 6.45) is 0. The Morgan fingerprint density at radius 1 is 1.21 bits per heavy atom. The predicted molar refractivity (Wildman–Crippen MR) is 76.2 cm³/mol. The number of aliphatic imine (C=N–C) groups is 1. The molecular weight excluding hydrogens is 240 g/mol. The van der Waals surface area contributed by atoms with Crippen LogP contribution in [-0.2, 0) is 6.54 Å². The number of methoxy groups -OCH3 is 1. The van der Waals surface area contributed by atoms with Gasteiger partial charge in [-0.1, -0.05) is 24.3 Å². The predicted octanol–water partition coefficient (Wildman–Crippen LogP) is 2.02. The minimum Gasteiger partial charge on any atom is -0.481 e. The lowest BCUT2D eigenvalue weighted by Crippen LogP contribution is -2.22. The van der Waals surface area contributed by atoms with Crippen molar-refractivity contribution in [2.24, 2.45) is 10.7 Å². The van der Waals surface area contributed by atoms with E-state index >= 15 is 0 Å². The van der Waals surface area contributed by atoms with Crippen LogP contribution in [-0.4, -0.2) is 18.1 Å². The Bertz CT molecular complexity index is 554. The van der Waals surface area contributed by atoms with E-state index in [1.807, 2.05) is 42.5 Å². The third-order valence-electron chi connectivity index (χ3n) is 2.45. The van der Waals surface area contributed by atoms with E-state index in [2.05, 4.69) is 15.3 Å². The van der Waals surface area contributed by atoms with Gasteiger partial charge in [-0.3, -0.25) is 0 Å². The summed E-state index contributed by atoms with van der Waals surface area (Å²) in [6.45, 7) is 0.406. The van der Waals surface area contributed by atoms with Crippen molar-refractivity contribution in [3.63, 3.8) is 0 Å². The fourth-order valence-corrected chi connectivity index (χ4v) is 1.53. The number of guanidine groups is 1. The standard InChI is InChI=1S/C14H16N4O/c1-19-13-9-5-8-12(17-13)10-16-14(15)18-11-6-3-2-4-7-11/h2-9H,10H2,1H3,(H3,15,16,18). The molecule has 0 bridgehead atoms. The van der Waals surface area contributed by atoms with Crippen molar-refractivity contribution >= 4 is 11.6 Å². The highest BCUT2D eigenvalue weighted by Gasteiger charge is 1.98. The number of hydrogen-bond acceptors (Lipinski definition) is 3. The van der Waals surface area contributed by atoms with Crippen LogP contribution in [0.4, 0.5) is 5.69 Å². The van der Waals surface area contributed by atoms with E-state index in [-0.39, 0.29) is 0 Å². The van der Waals surface area contributed by atoms with E-state index < -0.39 is 0 Å². The molecule has 0 radical (unpaired) electrons. The Hall–Kier alpha value is -2.56. The normalized spacial score (nSPS) is 11.1. The van der Waals surface area contributed by atoms with Crippen LogP contribution < -0.4 is 15.8 Å². The van der Waals surface area contributed by atoms with Crippen LogP contribution in [0.2, 0.25) is 0 Å². The Kier molecular flexibility index (Phi) is 4.34. The highest BCUT2D eigenvalue weighted by Crippen LogP contribution is 2.08. The quantitative estimate of drug-likeness (QED) is 0.648. The van der Waals surface area contributed by atoms with Gasteiger partial charge in [0.25, 0.3) is 0 Å². The first-order valence-corrected chi connectivity index (χ1v) is 5.90. The molecule has 1 aromatic carbocycles. The van der Waals surface area contributed by atoms with Crippen molar-refractivity contribution in [2.45, 2.75) is 6.54 Å². The van der Waals surface area contributed by atoms with Crippen LogP contribution in [0, 0.1) is 0 Å². The van der Waals surface area contributed by atoms with E-state index in [0.29, 0.717) is 18.4 Å². The van der Waals surface area contributed by atoms with Gasteiger partial charge < -0.3 is 15.8 Å². The van der Waals surface area contributed by atoms with Gasteiger partial charge in [0.1, 0.15) is 0 Å². The number of rotatable bonds is 4. The Morgan fingerprint density at radius 2 is 2.00 bits per heavy atom. The molecule has 0 aliphatic carbocycles. The van der Waals surface area contributed by atoms with Gasteiger partial charge in [0.15, 0.2) is 5.96 Å². The summed E-state index contributed by atoms with van der Waals surface area (Å²) in [4.78, 5) is 8.49. The number of pyridine rings is 1. The van der Waals surface area contributed by atoms with Crippen molar-refractivity contribution < 1.29 is 4.74 Å². The van der Waals surface area contributed by atoms with Gasteiger partial charge in [-0.05, 0) is 18.2 Å². The molecule has 0 saturated carbocycles. The molecule has 5 nitrogen and oxygen atoms in total. The largest absolute Gasteiger partial charge is 0.481 e. The molecule has 0 amide bonds. The molecule has 2 aromatic rings. The average Bonchev–Trinajstić information content (AvgIpc) is 2.46. The molecule has 1 heterocycles. The number of hydrogen-bond donors (Lipinski definition) is 2. The minimum atomic E-state index is 0.357. The lowest BCUT2D eigenvalue weighted by Gasteiger charge is -2.05. The zero-order valence-corrected chi connectivity index (χ0v) is 10.7. The van der Waals surface area contributed by atoms with Crippen molar-refractivity contribution in [2.75, 3.05) is 12.4 Å². The van der Waals surface area contributed by atoms with Crippen molar-refractivity contribution in [1.82, 2.24) is 4.98 Å². The summed E-state index contributed by atoms with van der Waals surface area (Å²) >= 11 is 0. The maximum Gasteiger partial charge on any atom is 0.213 e. The number of para-hydroxylation sites is 1. The lowest BCUT2D eigenvalue weighted by atomic mass is 10.3. The van der Waals surface area contributed by atoms with E-state index in [9.17, 15) is 0 Å². The van der Waals surface area contributed by atoms with Crippen molar-refractivity contribution in [3.8, 4) is 5.88 Å². The molecule has 0 fully saturated rings. The highest BCUT2D eigenvalue weighted by atomic mass is 16.5. The molecule has 0 aliphatic heterocycles. The number of nitrogens with two attached hydrogens (primary N) is 1. The fourth-order valence-electron chi connectivity index (χ4n) is 1.53. The second-order valence-corrected chi connectivity index (χ2v) is 3.86. The molecule has 0 spiro atoms. The summed E-state index contributed by atoms with van der Waals surface area (Å²) in [5.74, 6) is 0.929. The smallest absolute Gasteiger partial charge is 0.213 e. The minimum absolute atomic E-state index is 0.357. The van der Waals surface area contributed by atoms with Crippen LogP contribution in [0.15, 0.2) is 53.5 Å². The van der Waals surface area contributed by atoms with Gasteiger partial charge in [0.05, 0.1) is 19.3 Å². The van der Waals surface area contributed by atoms with Crippen LogP contribution in [0.25, 0.3) is 0 Å². The van der Waals surface area contributed by atoms with Crippen molar-refractivity contribution in [3.05, 3.63) is 54.2 Å². The highest BCUT2D eigenvalue weighted by molar-refractivity contribution is 5.92. The number of nitrogens with zero attached hydrogens (tertiary/aromatic N) is 2. The molecule has 5 heteroatoms. The number of aromatic nitrogens is 1. The van der Waals surface area contributed by atoms with Gasteiger partial charge in [-0.15, -0.1) is 0 Å². The molecular formula is C14H16N4O. The van der Waals surface area contributed by atoms with E-state index in [1.54, 1.807) is 13.2 Å². The first-order valence-electron chi connectivity index (χ1n) is 5.90. The molecule has 1 aromatic heterocycles. The summed E-state index contributed by atoms with van der Waals surface area (Å²) in [7, 11) is 1.58. The Balaban J connectivity index is 1.97. The third kappa shape index (κ3) is 3.99. The lowest BCUT2D eigenvalue weighted by molar-refractivity contribution is 0.396.